The lowest BCUT2D eigenvalue weighted by molar-refractivity contribution is -0.117. The molecule has 0 N–H and O–H groups in total. The zero-order valence-electron chi connectivity index (χ0n) is 8.51. The van der Waals surface area contributed by atoms with Crippen molar-refractivity contribution in [3.8, 4) is 0 Å². The minimum atomic E-state index is -3.83. The summed E-state index contributed by atoms with van der Waals surface area (Å²) >= 11 is 0. The zero-order chi connectivity index (χ0) is 12.6. The van der Waals surface area contributed by atoms with Gasteiger partial charge in [0.05, 0.1) is 0 Å². The number of hydrogen-bond donors (Lipinski definition) is 0. The predicted molar refractivity (Wildman–Crippen MR) is 59.7 cm³/mol. The van der Waals surface area contributed by atoms with E-state index in [1.54, 1.807) is 0 Å². The van der Waals surface area contributed by atoms with Crippen LogP contribution in [-0.4, -0.2) is 31.1 Å². The minimum Gasteiger partial charge on any atom is -0.293 e. The average Bonchev–Trinajstić information content (AvgIpc) is 2.61. The van der Waals surface area contributed by atoms with E-state index in [1.807, 2.05) is 0 Å². The van der Waals surface area contributed by atoms with Crippen LogP contribution in [0.5, 0.6) is 0 Å². The molecular formula is C9H8ClFN2O3S. The summed E-state index contributed by atoms with van der Waals surface area (Å²) in [6.45, 7) is -0.168. The summed E-state index contributed by atoms with van der Waals surface area (Å²) in [5.41, 5.74) is 0. The smallest absolute Gasteiger partial charge is 0.237 e. The quantitative estimate of drug-likeness (QED) is 0.754. The fraction of sp³-hybridized carbons (Fsp3) is 0.333. The number of aromatic nitrogens is 1. The predicted octanol–water partition coefficient (Wildman–Crippen LogP) is 0.895. The SMILES string of the molecule is O=C1CC(S(=O)(=O)Cl)CN1c1ncccc1F. The molecule has 0 bridgehead atoms. The van der Waals surface area contributed by atoms with E-state index in [0.29, 0.717) is 0 Å². The van der Waals surface area contributed by atoms with Crippen molar-refractivity contribution in [2.24, 2.45) is 0 Å². The molecular weight excluding hydrogens is 271 g/mol. The molecule has 0 radical (unpaired) electrons. The molecule has 1 aliphatic rings. The first-order valence-electron chi connectivity index (χ1n) is 4.74. The number of nitrogens with zero attached hydrogens (tertiary/aromatic N) is 2. The summed E-state index contributed by atoms with van der Waals surface area (Å²) in [6, 6.07) is 2.54. The van der Waals surface area contributed by atoms with Crippen LogP contribution in [0.25, 0.3) is 0 Å². The van der Waals surface area contributed by atoms with Gasteiger partial charge in [-0.1, -0.05) is 0 Å². The Bertz CT molecular complexity index is 563. The van der Waals surface area contributed by atoms with Gasteiger partial charge < -0.3 is 0 Å². The van der Waals surface area contributed by atoms with Crippen LogP contribution in [0.2, 0.25) is 0 Å². The van der Waals surface area contributed by atoms with Gasteiger partial charge in [-0.15, -0.1) is 0 Å². The van der Waals surface area contributed by atoms with E-state index in [0.717, 1.165) is 11.0 Å². The van der Waals surface area contributed by atoms with Crippen LogP contribution in [0, 0.1) is 5.82 Å². The summed E-state index contributed by atoms with van der Waals surface area (Å²) in [5, 5.41) is -1.02. The molecule has 1 unspecified atom stereocenters. The molecule has 0 aliphatic carbocycles. The molecule has 0 saturated carbocycles. The Labute approximate surface area is 102 Å². The number of halogens is 2. The van der Waals surface area contributed by atoms with E-state index in [-0.39, 0.29) is 18.8 Å². The van der Waals surface area contributed by atoms with Crippen LogP contribution < -0.4 is 4.90 Å². The van der Waals surface area contributed by atoms with E-state index < -0.39 is 26.0 Å². The van der Waals surface area contributed by atoms with Gasteiger partial charge in [-0.25, -0.2) is 17.8 Å². The van der Waals surface area contributed by atoms with Gasteiger partial charge in [0.15, 0.2) is 11.6 Å². The average molecular weight is 279 g/mol. The molecule has 1 saturated heterocycles. The van der Waals surface area contributed by atoms with Crippen molar-refractivity contribution in [1.82, 2.24) is 4.98 Å². The van der Waals surface area contributed by atoms with Crippen LogP contribution >= 0.6 is 10.7 Å². The van der Waals surface area contributed by atoms with Crippen molar-refractivity contribution in [3.05, 3.63) is 24.1 Å². The molecule has 1 aromatic rings. The van der Waals surface area contributed by atoms with Crippen molar-refractivity contribution < 1.29 is 17.6 Å². The van der Waals surface area contributed by atoms with Crippen molar-refractivity contribution in [2.45, 2.75) is 11.7 Å². The van der Waals surface area contributed by atoms with Crippen molar-refractivity contribution in [1.29, 1.82) is 0 Å². The molecule has 92 valence electrons. The summed E-state index contributed by atoms with van der Waals surface area (Å²) < 4.78 is 35.6. The van der Waals surface area contributed by atoms with Crippen molar-refractivity contribution >= 4 is 31.5 Å². The van der Waals surface area contributed by atoms with E-state index in [2.05, 4.69) is 4.98 Å². The first-order valence-corrected chi connectivity index (χ1v) is 7.11. The number of pyridine rings is 1. The monoisotopic (exact) mass is 278 g/mol. The van der Waals surface area contributed by atoms with E-state index >= 15 is 0 Å². The highest BCUT2D eigenvalue weighted by atomic mass is 35.7. The number of carbonyl (C=O) groups excluding carboxylic acids is 1. The summed E-state index contributed by atoms with van der Waals surface area (Å²) in [7, 11) is 1.35. The van der Waals surface area contributed by atoms with Gasteiger partial charge in [-0.05, 0) is 12.1 Å². The number of hydrogen-bond acceptors (Lipinski definition) is 4. The van der Waals surface area contributed by atoms with Crippen LogP contribution in [0.1, 0.15) is 6.42 Å². The molecule has 0 aromatic carbocycles. The van der Waals surface area contributed by atoms with Gasteiger partial charge in [0.2, 0.25) is 15.0 Å². The highest BCUT2D eigenvalue weighted by molar-refractivity contribution is 8.14. The molecule has 1 atom stereocenters. The van der Waals surface area contributed by atoms with E-state index in [9.17, 15) is 17.6 Å². The number of amides is 1. The second-order valence-electron chi connectivity index (χ2n) is 3.61. The highest BCUT2D eigenvalue weighted by Crippen LogP contribution is 2.26. The summed E-state index contributed by atoms with van der Waals surface area (Å²) in [4.78, 5) is 16.3. The van der Waals surface area contributed by atoms with E-state index in [1.165, 1.54) is 12.3 Å². The molecule has 17 heavy (non-hydrogen) atoms. The fourth-order valence-corrected chi connectivity index (χ4v) is 2.67. The van der Waals surface area contributed by atoms with Gasteiger partial charge >= 0.3 is 0 Å². The van der Waals surface area contributed by atoms with E-state index in [4.69, 9.17) is 10.7 Å². The molecule has 5 nitrogen and oxygen atoms in total. The molecule has 8 heteroatoms. The molecule has 1 aromatic heterocycles. The molecule has 1 fully saturated rings. The normalized spacial score (nSPS) is 20.9. The summed E-state index contributed by atoms with van der Waals surface area (Å²) in [5.74, 6) is -1.34. The fourth-order valence-electron chi connectivity index (χ4n) is 1.64. The Morgan fingerprint density at radius 3 is 2.76 bits per heavy atom. The second kappa shape index (κ2) is 4.23. The minimum absolute atomic E-state index is 0.166. The van der Waals surface area contributed by atoms with Crippen LogP contribution in [0.3, 0.4) is 0 Å². The largest absolute Gasteiger partial charge is 0.293 e. The Morgan fingerprint density at radius 1 is 1.53 bits per heavy atom. The van der Waals surface area contributed by atoms with Crippen molar-refractivity contribution in [3.63, 3.8) is 0 Å². The zero-order valence-corrected chi connectivity index (χ0v) is 10.1. The standard InChI is InChI=1S/C9H8ClFN2O3S/c10-17(15,16)6-4-8(14)13(5-6)9-7(11)2-1-3-12-9/h1-3,6H,4-5H2. The Balaban J connectivity index is 2.31. The Hall–Kier alpha value is -1.21. The maximum atomic E-state index is 13.4. The van der Waals surface area contributed by atoms with Gasteiger partial charge in [0.25, 0.3) is 0 Å². The van der Waals surface area contributed by atoms with Crippen LogP contribution in [0.4, 0.5) is 10.2 Å². The number of anilines is 1. The lowest BCUT2D eigenvalue weighted by Gasteiger charge is -2.15. The first kappa shape index (κ1) is 12.3. The van der Waals surface area contributed by atoms with Crippen LogP contribution in [-0.2, 0) is 13.8 Å². The van der Waals surface area contributed by atoms with Crippen molar-refractivity contribution in [2.75, 3.05) is 11.4 Å². The maximum Gasteiger partial charge on any atom is 0.237 e. The Morgan fingerprint density at radius 2 is 2.24 bits per heavy atom. The molecule has 1 amide bonds. The highest BCUT2D eigenvalue weighted by Gasteiger charge is 2.39. The van der Waals surface area contributed by atoms with Gasteiger partial charge in [0, 0.05) is 29.8 Å². The Kier molecular flexibility index (Phi) is 3.05. The van der Waals surface area contributed by atoms with Gasteiger partial charge in [-0.3, -0.25) is 9.69 Å². The lowest BCUT2D eigenvalue weighted by Crippen LogP contribution is -2.28. The molecule has 2 rings (SSSR count). The third-order valence-corrected chi connectivity index (χ3v) is 4.35. The lowest BCUT2D eigenvalue weighted by atomic mass is 10.4. The van der Waals surface area contributed by atoms with Gasteiger partial charge in [0.1, 0.15) is 5.25 Å². The topological polar surface area (TPSA) is 67.3 Å². The number of rotatable bonds is 2. The van der Waals surface area contributed by atoms with Crippen LogP contribution in [0.15, 0.2) is 18.3 Å². The second-order valence-corrected chi connectivity index (χ2v) is 6.52. The molecule has 1 aliphatic heterocycles. The summed E-state index contributed by atoms with van der Waals surface area (Å²) in [6.07, 6.45) is 1.08. The van der Waals surface area contributed by atoms with Gasteiger partial charge in [-0.2, -0.15) is 0 Å². The first-order chi connectivity index (χ1) is 7.89. The molecule has 0 spiro atoms. The maximum absolute atomic E-state index is 13.4. The third kappa shape index (κ3) is 2.39. The number of carbonyl (C=O) groups is 1. The molecule has 2 heterocycles. The third-order valence-electron chi connectivity index (χ3n) is 2.48.